The largest absolute Gasteiger partial charge is 0.497 e. The molecule has 1 aliphatic carbocycles. The first kappa shape index (κ1) is 16.1. The molecule has 0 saturated heterocycles. The van der Waals surface area contributed by atoms with Crippen LogP contribution in [-0.4, -0.2) is 12.9 Å². The summed E-state index contributed by atoms with van der Waals surface area (Å²) in [6.45, 7) is 0. The summed E-state index contributed by atoms with van der Waals surface area (Å²) in [5.41, 5.74) is 5.58. The van der Waals surface area contributed by atoms with E-state index in [2.05, 4.69) is 53.8 Å². The smallest absolute Gasteiger partial charge is 0.161 e. The third-order valence-electron chi connectivity index (χ3n) is 5.72. The Morgan fingerprint density at radius 3 is 2.59 bits per heavy atom. The lowest BCUT2D eigenvalue weighted by molar-refractivity contribution is -0.116. The second kappa shape index (κ2) is 6.27. The van der Waals surface area contributed by atoms with Crippen molar-refractivity contribution < 1.29 is 9.53 Å². The van der Waals surface area contributed by atoms with E-state index in [9.17, 15) is 4.79 Å². The highest BCUT2D eigenvalue weighted by atomic mass is 16.5. The summed E-state index contributed by atoms with van der Waals surface area (Å²) in [6, 6.07) is 20.6. The quantitative estimate of drug-likeness (QED) is 0.657. The highest BCUT2D eigenvalue weighted by molar-refractivity contribution is 6.12. The number of carbonyl (C=O) groups is 1. The second-order valence-electron chi connectivity index (χ2n) is 7.23. The molecule has 3 aromatic rings. The minimum absolute atomic E-state index is 0.104. The van der Waals surface area contributed by atoms with Gasteiger partial charge in [-0.25, -0.2) is 0 Å². The number of carbonyl (C=O) groups excluding carboxylic acids is 1. The zero-order valence-corrected chi connectivity index (χ0v) is 15.3. The number of rotatable bonds is 2. The summed E-state index contributed by atoms with van der Waals surface area (Å²) in [7, 11) is 1.67. The Labute approximate surface area is 158 Å². The van der Waals surface area contributed by atoms with Gasteiger partial charge < -0.3 is 10.1 Å². The van der Waals surface area contributed by atoms with Crippen LogP contribution in [0.2, 0.25) is 0 Å². The number of allylic oxidation sites excluding steroid dienone is 1. The number of ether oxygens (including phenoxy) is 1. The van der Waals surface area contributed by atoms with E-state index in [0.717, 1.165) is 35.4 Å². The molecule has 1 atom stereocenters. The lowest BCUT2D eigenvalue weighted by atomic mass is 9.77. The van der Waals surface area contributed by atoms with Crippen molar-refractivity contribution in [3.63, 3.8) is 0 Å². The Hall–Kier alpha value is -3.07. The second-order valence-corrected chi connectivity index (χ2v) is 7.23. The third kappa shape index (κ3) is 2.54. The van der Waals surface area contributed by atoms with Gasteiger partial charge in [-0.15, -0.1) is 0 Å². The first-order chi connectivity index (χ1) is 13.3. The number of fused-ring (bicyclic) bond motifs is 4. The summed E-state index contributed by atoms with van der Waals surface area (Å²) in [5, 5.41) is 6.09. The van der Waals surface area contributed by atoms with E-state index in [1.165, 1.54) is 21.9 Å². The van der Waals surface area contributed by atoms with Crippen molar-refractivity contribution in [3.05, 3.63) is 77.4 Å². The maximum absolute atomic E-state index is 13.0. The van der Waals surface area contributed by atoms with Gasteiger partial charge in [-0.3, -0.25) is 4.79 Å². The van der Waals surface area contributed by atoms with E-state index in [-0.39, 0.29) is 11.8 Å². The van der Waals surface area contributed by atoms with Gasteiger partial charge in [0.2, 0.25) is 0 Å². The van der Waals surface area contributed by atoms with Crippen molar-refractivity contribution in [2.24, 2.45) is 0 Å². The lowest BCUT2D eigenvalue weighted by Crippen LogP contribution is -2.27. The van der Waals surface area contributed by atoms with E-state index in [0.29, 0.717) is 6.42 Å². The Morgan fingerprint density at radius 2 is 1.78 bits per heavy atom. The summed E-state index contributed by atoms with van der Waals surface area (Å²) in [5.74, 6) is 1.09. The fraction of sp³-hybridized carbons (Fsp3) is 0.208. The average Bonchev–Trinajstić information content (AvgIpc) is 2.73. The number of Topliss-reactive ketones (excluding diaryl/α,β-unsaturated/α-hetero) is 1. The highest BCUT2D eigenvalue weighted by Gasteiger charge is 2.34. The molecule has 1 N–H and O–H groups in total. The van der Waals surface area contributed by atoms with Crippen LogP contribution in [0.25, 0.3) is 16.3 Å². The molecule has 3 nitrogen and oxygen atoms in total. The molecule has 0 spiro atoms. The predicted octanol–water partition coefficient (Wildman–Crippen LogP) is 5.52. The fourth-order valence-corrected chi connectivity index (χ4v) is 4.45. The predicted molar refractivity (Wildman–Crippen MR) is 109 cm³/mol. The number of anilines is 1. The molecule has 3 heteroatoms. The van der Waals surface area contributed by atoms with E-state index in [1.54, 1.807) is 7.11 Å². The molecule has 0 fully saturated rings. The van der Waals surface area contributed by atoms with E-state index in [4.69, 9.17) is 4.74 Å². The molecule has 2 aliphatic rings. The molecule has 0 radical (unpaired) electrons. The van der Waals surface area contributed by atoms with Crippen LogP contribution < -0.4 is 10.1 Å². The van der Waals surface area contributed by atoms with Crippen molar-refractivity contribution in [2.45, 2.75) is 25.3 Å². The Balaban J connectivity index is 1.73. The van der Waals surface area contributed by atoms with Gasteiger partial charge in [-0.2, -0.15) is 0 Å². The maximum atomic E-state index is 13.0. The molecule has 5 rings (SSSR count). The summed E-state index contributed by atoms with van der Waals surface area (Å²) < 4.78 is 5.29. The summed E-state index contributed by atoms with van der Waals surface area (Å²) in [4.78, 5) is 13.0. The van der Waals surface area contributed by atoms with Crippen LogP contribution in [0.1, 0.15) is 36.4 Å². The van der Waals surface area contributed by atoms with Crippen molar-refractivity contribution in [2.75, 3.05) is 12.4 Å². The van der Waals surface area contributed by atoms with Crippen LogP contribution in [-0.2, 0) is 4.79 Å². The van der Waals surface area contributed by atoms with Crippen LogP contribution in [0.15, 0.2) is 66.2 Å². The molecule has 1 aliphatic heterocycles. The number of hydrogen-bond acceptors (Lipinski definition) is 3. The molecule has 27 heavy (non-hydrogen) atoms. The number of methoxy groups -OCH3 is 1. The van der Waals surface area contributed by atoms with Gasteiger partial charge in [0.05, 0.1) is 13.2 Å². The normalized spacial score (nSPS) is 18.7. The maximum Gasteiger partial charge on any atom is 0.161 e. The highest BCUT2D eigenvalue weighted by Crippen LogP contribution is 2.47. The van der Waals surface area contributed by atoms with Crippen LogP contribution in [0.5, 0.6) is 5.75 Å². The first-order valence-electron chi connectivity index (χ1n) is 9.45. The molecule has 0 unspecified atom stereocenters. The van der Waals surface area contributed by atoms with Gasteiger partial charge in [0, 0.05) is 23.2 Å². The van der Waals surface area contributed by atoms with Gasteiger partial charge in [0.25, 0.3) is 0 Å². The summed E-state index contributed by atoms with van der Waals surface area (Å²) in [6.07, 6.45) is 2.51. The molecule has 1 heterocycles. The van der Waals surface area contributed by atoms with Crippen molar-refractivity contribution in [1.82, 2.24) is 0 Å². The Kier molecular flexibility index (Phi) is 3.75. The van der Waals surface area contributed by atoms with Crippen LogP contribution in [0.4, 0.5) is 5.69 Å². The summed E-state index contributed by atoms with van der Waals surface area (Å²) >= 11 is 0. The SMILES string of the molecule is COc1ccc([C@H]2Nc3ccc4ccccc4c3C3=C2C(=O)CCC3)cc1. The van der Waals surface area contributed by atoms with Crippen molar-refractivity contribution >= 4 is 27.8 Å². The minimum atomic E-state index is -0.104. The number of nitrogens with one attached hydrogen (secondary N) is 1. The Morgan fingerprint density at radius 1 is 0.963 bits per heavy atom. The monoisotopic (exact) mass is 355 g/mol. The molecule has 0 amide bonds. The van der Waals surface area contributed by atoms with Gasteiger partial charge in [-0.1, -0.05) is 42.5 Å². The minimum Gasteiger partial charge on any atom is -0.497 e. The molecule has 134 valence electrons. The zero-order valence-electron chi connectivity index (χ0n) is 15.3. The van der Waals surface area contributed by atoms with Gasteiger partial charge in [0.1, 0.15) is 5.75 Å². The third-order valence-corrected chi connectivity index (χ3v) is 5.72. The van der Waals surface area contributed by atoms with Gasteiger partial charge in [0.15, 0.2) is 5.78 Å². The molecule has 0 aromatic heterocycles. The standard InChI is InChI=1S/C24H21NO2/c1-27-17-12-9-16(10-13-17)24-23-19(7-4-8-21(23)26)22-18-6-3-2-5-15(18)11-14-20(22)25-24/h2-3,5-6,9-14,24-25H,4,7-8H2,1H3/t24-/m1/s1. The molecular weight excluding hydrogens is 334 g/mol. The lowest BCUT2D eigenvalue weighted by Gasteiger charge is -2.35. The number of ketones is 1. The van der Waals surface area contributed by atoms with E-state index < -0.39 is 0 Å². The first-order valence-corrected chi connectivity index (χ1v) is 9.45. The van der Waals surface area contributed by atoms with Gasteiger partial charge >= 0.3 is 0 Å². The number of hydrogen-bond donors (Lipinski definition) is 1. The average molecular weight is 355 g/mol. The topological polar surface area (TPSA) is 38.3 Å². The molecular formula is C24H21NO2. The van der Waals surface area contributed by atoms with Crippen LogP contribution in [0.3, 0.4) is 0 Å². The fourth-order valence-electron chi connectivity index (χ4n) is 4.45. The van der Waals surface area contributed by atoms with Crippen molar-refractivity contribution in [1.29, 1.82) is 0 Å². The van der Waals surface area contributed by atoms with Gasteiger partial charge in [-0.05, 0) is 52.9 Å². The molecule has 3 aromatic carbocycles. The molecule has 0 bridgehead atoms. The Bertz CT molecular complexity index is 1080. The van der Waals surface area contributed by atoms with Crippen LogP contribution >= 0.6 is 0 Å². The number of benzene rings is 3. The van der Waals surface area contributed by atoms with E-state index in [1.807, 2.05) is 12.1 Å². The molecule has 0 saturated carbocycles. The van der Waals surface area contributed by atoms with E-state index >= 15 is 0 Å². The van der Waals surface area contributed by atoms with Crippen LogP contribution in [0, 0.1) is 0 Å². The van der Waals surface area contributed by atoms with Crippen molar-refractivity contribution in [3.8, 4) is 5.75 Å². The zero-order chi connectivity index (χ0) is 18.4.